The second-order valence-electron chi connectivity index (χ2n) is 6.95. The molecule has 2 aromatic rings. The number of rotatable bonds is 10. The lowest BCUT2D eigenvalue weighted by Gasteiger charge is -2.20. The van der Waals surface area contributed by atoms with E-state index in [-0.39, 0.29) is 5.57 Å². The Morgan fingerprint density at radius 2 is 1.68 bits per heavy atom. The molecule has 1 N–H and O–H groups in total. The van der Waals surface area contributed by atoms with E-state index in [4.69, 9.17) is 4.74 Å². The predicted octanol–water partition coefficient (Wildman–Crippen LogP) is 5.04. The summed E-state index contributed by atoms with van der Waals surface area (Å²) in [4.78, 5) is 26.7. The molecule has 0 saturated heterocycles. The van der Waals surface area contributed by atoms with Gasteiger partial charge in [-0.05, 0) is 68.3 Å². The lowest BCUT2D eigenvalue weighted by molar-refractivity contribution is -0.112. The smallest absolute Gasteiger partial charge is 0.338 e. The van der Waals surface area contributed by atoms with E-state index >= 15 is 0 Å². The van der Waals surface area contributed by atoms with Gasteiger partial charge in [-0.3, -0.25) is 4.79 Å². The van der Waals surface area contributed by atoms with E-state index < -0.39 is 11.9 Å². The Morgan fingerprint density at radius 1 is 1.03 bits per heavy atom. The third kappa shape index (κ3) is 7.00. The van der Waals surface area contributed by atoms with Crippen LogP contribution in [0.15, 0.2) is 54.1 Å². The van der Waals surface area contributed by atoms with Gasteiger partial charge in [-0.1, -0.05) is 25.5 Å². The fraction of sp³-hybridized carbons (Fsp3) is 0.320. The molecule has 162 valence electrons. The van der Waals surface area contributed by atoms with Crippen molar-refractivity contribution in [2.24, 2.45) is 0 Å². The van der Waals surface area contributed by atoms with Crippen LogP contribution >= 0.6 is 0 Å². The minimum atomic E-state index is -0.506. The normalized spacial score (nSPS) is 10.8. The van der Waals surface area contributed by atoms with E-state index in [1.54, 1.807) is 30.3 Å². The summed E-state index contributed by atoms with van der Waals surface area (Å²) in [5.74, 6) is -0.898. The molecule has 0 saturated carbocycles. The SMILES string of the molecule is CCCCOC(=O)c1ccc(NC(=O)/C(C#N)=C/c2ccc(N(CC)CC)cc2)cc1. The molecule has 31 heavy (non-hydrogen) atoms. The number of carbonyl (C=O) groups excluding carboxylic acids is 2. The average Bonchev–Trinajstić information content (AvgIpc) is 2.79. The van der Waals surface area contributed by atoms with Crippen molar-refractivity contribution in [3.8, 4) is 6.07 Å². The van der Waals surface area contributed by atoms with Gasteiger partial charge < -0.3 is 15.0 Å². The van der Waals surface area contributed by atoms with Crippen LogP contribution < -0.4 is 10.2 Å². The summed E-state index contributed by atoms with van der Waals surface area (Å²) in [5, 5.41) is 12.1. The van der Waals surface area contributed by atoms with Gasteiger partial charge in [0.2, 0.25) is 0 Å². The van der Waals surface area contributed by atoms with Crippen LogP contribution in [0.3, 0.4) is 0 Å². The number of nitrogens with one attached hydrogen (secondary N) is 1. The van der Waals surface area contributed by atoms with Gasteiger partial charge in [-0.15, -0.1) is 0 Å². The Morgan fingerprint density at radius 3 is 2.23 bits per heavy atom. The van der Waals surface area contributed by atoms with E-state index in [1.807, 2.05) is 37.3 Å². The number of nitrogens with zero attached hydrogens (tertiary/aromatic N) is 2. The van der Waals surface area contributed by atoms with Crippen LogP contribution in [0.4, 0.5) is 11.4 Å². The number of nitriles is 1. The first-order valence-electron chi connectivity index (χ1n) is 10.6. The second-order valence-corrected chi connectivity index (χ2v) is 6.95. The minimum absolute atomic E-state index is 0.00126. The predicted molar refractivity (Wildman–Crippen MR) is 124 cm³/mol. The first-order valence-corrected chi connectivity index (χ1v) is 10.6. The van der Waals surface area contributed by atoms with E-state index in [1.165, 1.54) is 0 Å². The molecule has 0 atom stereocenters. The summed E-state index contributed by atoms with van der Waals surface area (Å²) in [6, 6.07) is 16.1. The molecule has 0 radical (unpaired) electrons. The highest BCUT2D eigenvalue weighted by Gasteiger charge is 2.11. The molecule has 0 spiro atoms. The van der Waals surface area contributed by atoms with E-state index in [0.29, 0.717) is 17.9 Å². The van der Waals surface area contributed by atoms with Gasteiger partial charge in [0.25, 0.3) is 5.91 Å². The highest BCUT2D eigenvalue weighted by atomic mass is 16.5. The highest BCUT2D eigenvalue weighted by molar-refractivity contribution is 6.09. The number of amides is 1. The zero-order valence-corrected chi connectivity index (χ0v) is 18.4. The van der Waals surface area contributed by atoms with E-state index in [0.717, 1.165) is 37.2 Å². The molecule has 0 unspecified atom stereocenters. The minimum Gasteiger partial charge on any atom is -0.462 e. The molecule has 1 amide bonds. The van der Waals surface area contributed by atoms with Crippen molar-refractivity contribution in [2.75, 3.05) is 29.9 Å². The second kappa shape index (κ2) is 12.2. The number of ether oxygens (including phenoxy) is 1. The van der Waals surface area contributed by atoms with Gasteiger partial charge in [0, 0.05) is 24.5 Å². The molecule has 0 heterocycles. The van der Waals surface area contributed by atoms with Crippen molar-refractivity contribution in [2.45, 2.75) is 33.6 Å². The summed E-state index contributed by atoms with van der Waals surface area (Å²) in [6.45, 7) is 8.42. The number of esters is 1. The fourth-order valence-corrected chi connectivity index (χ4v) is 2.97. The monoisotopic (exact) mass is 419 g/mol. The zero-order valence-electron chi connectivity index (χ0n) is 18.4. The van der Waals surface area contributed by atoms with Gasteiger partial charge in [0.05, 0.1) is 12.2 Å². The molecule has 0 aliphatic heterocycles. The van der Waals surface area contributed by atoms with Crippen LogP contribution in [0, 0.1) is 11.3 Å². The number of benzene rings is 2. The van der Waals surface area contributed by atoms with Crippen molar-refractivity contribution in [3.63, 3.8) is 0 Å². The third-order valence-electron chi connectivity index (χ3n) is 4.81. The number of unbranched alkanes of at least 4 members (excludes halogenated alkanes) is 1. The summed E-state index contributed by atoms with van der Waals surface area (Å²) in [5.41, 5.74) is 2.77. The maximum atomic E-state index is 12.5. The Labute approximate surface area is 184 Å². The van der Waals surface area contributed by atoms with Gasteiger partial charge in [0.1, 0.15) is 11.6 Å². The van der Waals surface area contributed by atoms with E-state index in [9.17, 15) is 14.9 Å². The van der Waals surface area contributed by atoms with Gasteiger partial charge in [-0.2, -0.15) is 5.26 Å². The lowest BCUT2D eigenvalue weighted by atomic mass is 10.1. The molecule has 6 heteroatoms. The number of anilines is 2. The summed E-state index contributed by atoms with van der Waals surface area (Å²) >= 11 is 0. The molecule has 0 bridgehead atoms. The van der Waals surface area contributed by atoms with Crippen molar-refractivity contribution < 1.29 is 14.3 Å². The molecule has 0 aliphatic carbocycles. The van der Waals surface area contributed by atoms with Gasteiger partial charge >= 0.3 is 5.97 Å². The van der Waals surface area contributed by atoms with Crippen molar-refractivity contribution in [1.82, 2.24) is 0 Å². The standard InChI is InChI=1S/C25H29N3O3/c1-4-7-16-31-25(30)20-10-12-22(13-11-20)27-24(29)21(18-26)17-19-8-14-23(15-9-19)28(5-2)6-3/h8-15,17H,4-7,16H2,1-3H3,(H,27,29)/b21-17+. The maximum absolute atomic E-state index is 12.5. The van der Waals surface area contributed by atoms with Gasteiger partial charge in [0.15, 0.2) is 0 Å². The molecule has 6 nitrogen and oxygen atoms in total. The molecular formula is C25H29N3O3. The molecule has 0 aromatic heterocycles. The van der Waals surface area contributed by atoms with Gasteiger partial charge in [-0.25, -0.2) is 4.79 Å². The van der Waals surface area contributed by atoms with Crippen LogP contribution in [0.25, 0.3) is 6.08 Å². The number of carbonyl (C=O) groups is 2. The van der Waals surface area contributed by atoms with Crippen molar-refractivity contribution >= 4 is 29.3 Å². The summed E-state index contributed by atoms with van der Waals surface area (Å²) in [6.07, 6.45) is 3.33. The molecule has 0 fully saturated rings. The zero-order chi connectivity index (χ0) is 22.6. The third-order valence-corrected chi connectivity index (χ3v) is 4.81. The first kappa shape index (κ1) is 23.7. The Bertz CT molecular complexity index is 937. The fourth-order valence-electron chi connectivity index (χ4n) is 2.97. The van der Waals surface area contributed by atoms with Crippen LogP contribution in [0.1, 0.15) is 49.5 Å². The van der Waals surface area contributed by atoms with Crippen molar-refractivity contribution in [3.05, 3.63) is 65.2 Å². The molecule has 2 rings (SSSR count). The topological polar surface area (TPSA) is 82.4 Å². The molecular weight excluding hydrogens is 390 g/mol. The maximum Gasteiger partial charge on any atom is 0.338 e. The van der Waals surface area contributed by atoms with Crippen molar-refractivity contribution in [1.29, 1.82) is 5.26 Å². The lowest BCUT2D eigenvalue weighted by Crippen LogP contribution is -2.21. The Balaban J connectivity index is 2.04. The summed E-state index contributed by atoms with van der Waals surface area (Å²) < 4.78 is 5.17. The van der Waals surface area contributed by atoms with Crippen LogP contribution in [0.5, 0.6) is 0 Å². The largest absolute Gasteiger partial charge is 0.462 e. The Kier molecular flexibility index (Phi) is 9.31. The van der Waals surface area contributed by atoms with E-state index in [2.05, 4.69) is 24.1 Å². The Hall–Kier alpha value is -3.59. The quantitative estimate of drug-likeness (QED) is 0.253. The highest BCUT2D eigenvalue weighted by Crippen LogP contribution is 2.18. The first-order chi connectivity index (χ1) is 15.0. The number of hydrogen-bond acceptors (Lipinski definition) is 5. The molecule has 2 aromatic carbocycles. The average molecular weight is 420 g/mol. The van der Waals surface area contributed by atoms with Crippen LogP contribution in [0.2, 0.25) is 0 Å². The number of hydrogen-bond donors (Lipinski definition) is 1. The molecule has 0 aliphatic rings. The van der Waals surface area contributed by atoms with Crippen LogP contribution in [-0.4, -0.2) is 31.6 Å². The summed E-state index contributed by atoms with van der Waals surface area (Å²) in [7, 11) is 0. The van der Waals surface area contributed by atoms with Crippen LogP contribution in [-0.2, 0) is 9.53 Å².